The van der Waals surface area contributed by atoms with E-state index in [0.29, 0.717) is 10.7 Å². The van der Waals surface area contributed by atoms with Crippen LogP contribution in [0, 0.1) is 10.1 Å². The normalized spacial score (nSPS) is 10.4. The number of aromatic amines is 1. The van der Waals surface area contributed by atoms with E-state index in [9.17, 15) is 14.9 Å². The van der Waals surface area contributed by atoms with Gasteiger partial charge in [-0.1, -0.05) is 40.6 Å². The molecule has 1 aromatic heterocycles. The Morgan fingerprint density at radius 2 is 1.92 bits per heavy atom. The van der Waals surface area contributed by atoms with E-state index in [0.717, 1.165) is 15.9 Å². The number of hydrogen-bond donors (Lipinski definition) is 2. The first-order valence-corrected chi connectivity index (χ1v) is 8.26. The summed E-state index contributed by atoms with van der Waals surface area (Å²) >= 11 is 7.34. The van der Waals surface area contributed by atoms with Crippen LogP contribution in [0.2, 0.25) is 5.02 Å². The van der Waals surface area contributed by atoms with Crippen molar-refractivity contribution in [2.45, 2.75) is 9.79 Å². The van der Waals surface area contributed by atoms with Gasteiger partial charge in [0, 0.05) is 14.8 Å². The fourth-order valence-corrected chi connectivity index (χ4v) is 3.02. The standard InChI is InChI=1S/C16H11ClN4O3S/c17-10-5-7-11(8-6-10)25-14-4-2-1-3-12(14)18-16(22)13-9-15(20-19-13)21(23)24/h1-9H,(H,18,22)(H,19,20). The van der Waals surface area contributed by atoms with E-state index in [4.69, 9.17) is 11.6 Å². The van der Waals surface area contributed by atoms with Crippen molar-refractivity contribution in [1.82, 2.24) is 10.2 Å². The van der Waals surface area contributed by atoms with Gasteiger partial charge in [-0.3, -0.25) is 4.79 Å². The quantitative estimate of drug-likeness (QED) is 0.510. The predicted molar refractivity (Wildman–Crippen MR) is 95.2 cm³/mol. The Morgan fingerprint density at radius 3 is 2.60 bits per heavy atom. The van der Waals surface area contributed by atoms with Gasteiger partial charge in [0.1, 0.15) is 0 Å². The molecule has 0 atom stereocenters. The molecule has 2 N–H and O–H groups in total. The van der Waals surface area contributed by atoms with Gasteiger partial charge in [0.05, 0.1) is 11.8 Å². The van der Waals surface area contributed by atoms with Crippen molar-refractivity contribution in [3.8, 4) is 0 Å². The number of carbonyl (C=O) groups is 1. The lowest BCUT2D eigenvalue weighted by Crippen LogP contribution is -2.12. The van der Waals surface area contributed by atoms with Gasteiger partial charge in [-0.25, -0.2) is 0 Å². The zero-order valence-electron chi connectivity index (χ0n) is 12.6. The number of nitrogens with zero attached hydrogens (tertiary/aromatic N) is 2. The number of nitrogens with one attached hydrogen (secondary N) is 2. The minimum absolute atomic E-state index is 0.0574. The Kier molecular flexibility index (Phi) is 5.01. The van der Waals surface area contributed by atoms with E-state index < -0.39 is 10.8 Å². The van der Waals surface area contributed by atoms with Gasteiger partial charge in [-0.2, -0.15) is 0 Å². The molecule has 7 nitrogen and oxygen atoms in total. The highest BCUT2D eigenvalue weighted by Crippen LogP contribution is 2.34. The van der Waals surface area contributed by atoms with Gasteiger partial charge in [0.15, 0.2) is 5.69 Å². The zero-order valence-corrected chi connectivity index (χ0v) is 14.2. The molecule has 0 aliphatic rings. The van der Waals surface area contributed by atoms with Crippen molar-refractivity contribution in [2.24, 2.45) is 0 Å². The summed E-state index contributed by atoms with van der Waals surface area (Å²) in [6.07, 6.45) is 0. The van der Waals surface area contributed by atoms with Gasteiger partial charge in [0.25, 0.3) is 5.91 Å². The highest BCUT2D eigenvalue weighted by atomic mass is 35.5. The second-order valence-corrected chi connectivity index (χ2v) is 6.45. The first kappa shape index (κ1) is 17.0. The van der Waals surface area contributed by atoms with Crippen LogP contribution in [0.1, 0.15) is 10.5 Å². The molecule has 0 fully saturated rings. The predicted octanol–water partition coefficient (Wildman–Crippen LogP) is 4.37. The summed E-state index contributed by atoms with van der Waals surface area (Å²) in [5.74, 6) is -0.873. The lowest BCUT2D eigenvalue weighted by molar-refractivity contribution is -0.389. The number of aromatic nitrogens is 2. The van der Waals surface area contributed by atoms with Crippen molar-refractivity contribution in [1.29, 1.82) is 0 Å². The maximum absolute atomic E-state index is 12.3. The van der Waals surface area contributed by atoms with Gasteiger partial charge >= 0.3 is 5.82 Å². The number of nitro groups is 1. The molecule has 2 aromatic carbocycles. The molecule has 3 rings (SSSR count). The smallest absolute Gasteiger partial charge is 0.343 e. The summed E-state index contributed by atoms with van der Waals surface area (Å²) in [7, 11) is 0. The SMILES string of the molecule is O=C(Nc1ccccc1Sc1ccc(Cl)cc1)c1cc([N+](=O)[O-])[nH]n1. The van der Waals surface area contributed by atoms with Crippen LogP contribution in [0.15, 0.2) is 64.4 Å². The number of para-hydroxylation sites is 1. The van der Waals surface area contributed by atoms with Crippen LogP contribution in [0.4, 0.5) is 11.5 Å². The fraction of sp³-hybridized carbons (Fsp3) is 0. The monoisotopic (exact) mass is 374 g/mol. The molecule has 0 saturated heterocycles. The number of anilines is 1. The minimum Gasteiger partial charge on any atom is -0.358 e. The summed E-state index contributed by atoms with van der Waals surface area (Å²) in [4.78, 5) is 24.1. The largest absolute Gasteiger partial charge is 0.358 e. The number of amides is 1. The Morgan fingerprint density at radius 1 is 1.20 bits per heavy atom. The van der Waals surface area contributed by atoms with Crippen molar-refractivity contribution in [2.75, 3.05) is 5.32 Å². The second-order valence-electron chi connectivity index (χ2n) is 4.90. The topological polar surface area (TPSA) is 101 Å². The number of carbonyl (C=O) groups excluding carboxylic acids is 1. The molecule has 9 heteroatoms. The van der Waals surface area contributed by atoms with Gasteiger partial charge in [0.2, 0.25) is 0 Å². The van der Waals surface area contributed by atoms with Gasteiger partial charge in [-0.15, -0.1) is 5.10 Å². The molecule has 0 radical (unpaired) electrons. The van der Waals surface area contributed by atoms with Crippen molar-refractivity contribution in [3.05, 3.63) is 75.4 Å². The van der Waals surface area contributed by atoms with Crippen LogP contribution < -0.4 is 5.32 Å². The maximum Gasteiger partial charge on any atom is 0.343 e. The molecular weight excluding hydrogens is 364 g/mol. The lowest BCUT2D eigenvalue weighted by Gasteiger charge is -2.09. The van der Waals surface area contributed by atoms with Crippen LogP contribution >= 0.6 is 23.4 Å². The molecule has 1 amide bonds. The van der Waals surface area contributed by atoms with E-state index in [-0.39, 0.29) is 11.5 Å². The third-order valence-electron chi connectivity index (χ3n) is 3.17. The second kappa shape index (κ2) is 7.37. The molecule has 0 spiro atoms. The van der Waals surface area contributed by atoms with Crippen molar-refractivity contribution < 1.29 is 9.72 Å². The summed E-state index contributed by atoms with van der Waals surface area (Å²) in [5, 5.41) is 19.9. The van der Waals surface area contributed by atoms with Crippen molar-refractivity contribution in [3.63, 3.8) is 0 Å². The fourth-order valence-electron chi connectivity index (χ4n) is 2.00. The van der Waals surface area contributed by atoms with Crippen LogP contribution in [-0.2, 0) is 0 Å². The van der Waals surface area contributed by atoms with Crippen LogP contribution in [0.5, 0.6) is 0 Å². The molecule has 0 saturated carbocycles. The summed E-state index contributed by atoms with van der Waals surface area (Å²) in [6, 6.07) is 15.7. The van der Waals surface area contributed by atoms with E-state index in [1.54, 1.807) is 24.3 Å². The molecule has 1 heterocycles. The molecule has 126 valence electrons. The Balaban J connectivity index is 1.79. The molecule has 3 aromatic rings. The summed E-state index contributed by atoms with van der Waals surface area (Å²) in [5.41, 5.74) is 0.524. The highest BCUT2D eigenvalue weighted by molar-refractivity contribution is 7.99. The lowest BCUT2D eigenvalue weighted by atomic mass is 10.3. The third kappa shape index (κ3) is 4.17. The van der Waals surface area contributed by atoms with E-state index in [1.165, 1.54) is 11.8 Å². The van der Waals surface area contributed by atoms with E-state index in [2.05, 4.69) is 15.5 Å². The Labute approximate surface area is 151 Å². The van der Waals surface area contributed by atoms with E-state index >= 15 is 0 Å². The zero-order chi connectivity index (χ0) is 17.8. The Bertz CT molecular complexity index is 927. The van der Waals surface area contributed by atoms with Crippen LogP contribution in [-0.4, -0.2) is 21.0 Å². The highest BCUT2D eigenvalue weighted by Gasteiger charge is 2.17. The first-order chi connectivity index (χ1) is 12.0. The average molecular weight is 375 g/mol. The van der Waals surface area contributed by atoms with Crippen LogP contribution in [0.3, 0.4) is 0 Å². The molecular formula is C16H11ClN4O3S. The summed E-state index contributed by atoms with van der Waals surface area (Å²) < 4.78 is 0. The van der Waals surface area contributed by atoms with Gasteiger partial charge in [-0.05, 0) is 41.3 Å². The molecule has 0 unspecified atom stereocenters. The summed E-state index contributed by atoms with van der Waals surface area (Å²) in [6.45, 7) is 0. The molecule has 0 bridgehead atoms. The third-order valence-corrected chi connectivity index (χ3v) is 4.51. The Hall–Kier alpha value is -2.84. The molecule has 0 aliphatic heterocycles. The maximum atomic E-state index is 12.3. The van der Waals surface area contributed by atoms with Crippen LogP contribution in [0.25, 0.3) is 0 Å². The number of benzene rings is 2. The van der Waals surface area contributed by atoms with E-state index in [1.807, 2.05) is 24.3 Å². The first-order valence-electron chi connectivity index (χ1n) is 7.06. The molecule has 25 heavy (non-hydrogen) atoms. The number of H-pyrrole nitrogens is 1. The molecule has 0 aliphatic carbocycles. The average Bonchev–Trinajstić information content (AvgIpc) is 3.09. The number of rotatable bonds is 5. The minimum atomic E-state index is -0.645. The number of hydrogen-bond acceptors (Lipinski definition) is 5. The number of halogens is 1. The van der Waals surface area contributed by atoms with Gasteiger partial charge < -0.3 is 15.4 Å². The van der Waals surface area contributed by atoms with Crippen molar-refractivity contribution >= 4 is 40.8 Å².